The molecule has 3 saturated heterocycles. The molecule has 3 saturated carbocycles. The average Bonchev–Trinajstić information content (AvgIpc) is 2.88. The van der Waals surface area contributed by atoms with Crippen LogP contribution in [0.5, 0.6) is 0 Å². The van der Waals surface area contributed by atoms with Crippen molar-refractivity contribution in [1.82, 2.24) is 4.90 Å². The monoisotopic (exact) mass is 419 g/mol. The minimum atomic E-state index is -1.13. The zero-order chi connectivity index (χ0) is 21.2. The summed E-state index contributed by atoms with van der Waals surface area (Å²) >= 11 is 0. The molecule has 0 amide bonds. The van der Waals surface area contributed by atoms with Crippen LogP contribution in [0.15, 0.2) is 11.6 Å². The van der Waals surface area contributed by atoms with E-state index in [4.69, 9.17) is 9.47 Å². The highest BCUT2D eigenvalue weighted by atomic mass is 16.7. The number of rotatable bonds is 1. The largest absolute Gasteiger partial charge is 0.390 e. The molecule has 4 bridgehead atoms. The highest BCUT2D eigenvalue weighted by Crippen LogP contribution is 2.75. The minimum absolute atomic E-state index is 0.00104. The first kappa shape index (κ1) is 20.1. The van der Waals surface area contributed by atoms with E-state index in [0.29, 0.717) is 31.8 Å². The van der Waals surface area contributed by atoms with Crippen molar-refractivity contribution in [2.45, 2.75) is 88.0 Å². The van der Waals surface area contributed by atoms with Crippen molar-refractivity contribution in [3.8, 4) is 0 Å². The Hall–Kier alpha value is -0.500. The highest BCUT2D eigenvalue weighted by Gasteiger charge is 2.81. The Balaban J connectivity index is 1.56. The van der Waals surface area contributed by atoms with E-state index in [1.165, 1.54) is 0 Å². The lowest BCUT2D eigenvalue weighted by Gasteiger charge is -2.75. The molecule has 6 nitrogen and oxygen atoms in total. The molecule has 3 heterocycles. The maximum atomic E-state index is 11.9. The summed E-state index contributed by atoms with van der Waals surface area (Å²) in [6.07, 6.45) is 6.42. The normalized spacial score (nSPS) is 58.3. The van der Waals surface area contributed by atoms with E-state index in [0.717, 1.165) is 44.3 Å². The molecule has 6 heteroatoms. The summed E-state index contributed by atoms with van der Waals surface area (Å²) in [5.41, 5.74) is -0.832. The number of aliphatic hydroxyl groups excluding tert-OH is 2. The Morgan fingerprint density at radius 2 is 2.03 bits per heavy atom. The molecule has 7 aliphatic rings. The number of likely N-dealkylation sites (N-methyl/N-ethyl adjacent to an activating group) is 1. The van der Waals surface area contributed by atoms with E-state index in [9.17, 15) is 15.3 Å². The Kier molecular flexibility index (Phi) is 3.95. The lowest BCUT2D eigenvalue weighted by molar-refractivity contribution is -0.447. The number of fused-ring (bicyclic) bond motifs is 1. The van der Waals surface area contributed by atoms with Crippen molar-refractivity contribution < 1.29 is 24.8 Å². The number of ether oxygens (including phenoxy) is 2. The smallest absolute Gasteiger partial charge is 0.166 e. The molecule has 3 aliphatic heterocycles. The van der Waals surface area contributed by atoms with E-state index in [-0.39, 0.29) is 11.3 Å². The maximum absolute atomic E-state index is 11.9. The molecule has 0 aromatic carbocycles. The molecule has 0 radical (unpaired) electrons. The second-order valence-electron chi connectivity index (χ2n) is 11.6. The average molecular weight is 420 g/mol. The van der Waals surface area contributed by atoms with Crippen molar-refractivity contribution >= 4 is 0 Å². The summed E-state index contributed by atoms with van der Waals surface area (Å²) in [5.74, 6) is -0.751. The molecular formula is C24H37NO5. The Labute approximate surface area is 179 Å². The molecule has 6 fully saturated rings. The molecular weight excluding hydrogens is 382 g/mol. The van der Waals surface area contributed by atoms with Crippen molar-refractivity contribution in [2.24, 2.45) is 22.7 Å². The van der Waals surface area contributed by atoms with Gasteiger partial charge in [-0.1, -0.05) is 13.0 Å². The predicted molar refractivity (Wildman–Crippen MR) is 111 cm³/mol. The van der Waals surface area contributed by atoms with Crippen LogP contribution in [0.2, 0.25) is 0 Å². The van der Waals surface area contributed by atoms with Crippen LogP contribution in [0.25, 0.3) is 0 Å². The summed E-state index contributed by atoms with van der Waals surface area (Å²) in [7, 11) is 2.11. The van der Waals surface area contributed by atoms with Crippen LogP contribution in [-0.4, -0.2) is 76.2 Å². The lowest BCUT2D eigenvalue weighted by atomic mass is 9.38. The molecule has 30 heavy (non-hydrogen) atoms. The quantitative estimate of drug-likeness (QED) is 0.563. The van der Waals surface area contributed by atoms with Gasteiger partial charge >= 0.3 is 0 Å². The topological polar surface area (TPSA) is 82.4 Å². The Morgan fingerprint density at radius 1 is 1.23 bits per heavy atom. The molecule has 0 unspecified atom stereocenters. The third-order valence-electron chi connectivity index (χ3n) is 10.5. The van der Waals surface area contributed by atoms with Gasteiger partial charge in [-0.3, -0.25) is 0 Å². The van der Waals surface area contributed by atoms with Crippen molar-refractivity contribution in [2.75, 3.05) is 26.7 Å². The number of hydrogen-bond donors (Lipinski definition) is 3. The number of hydrogen-bond acceptors (Lipinski definition) is 6. The summed E-state index contributed by atoms with van der Waals surface area (Å²) in [4.78, 5) is 2.29. The maximum Gasteiger partial charge on any atom is 0.166 e. The molecule has 168 valence electrons. The fourth-order valence-electron chi connectivity index (χ4n) is 9.37. The molecule has 0 aromatic rings. The van der Waals surface area contributed by atoms with Gasteiger partial charge in [-0.25, -0.2) is 0 Å². The second kappa shape index (κ2) is 5.89. The number of aliphatic hydroxyl groups is 3. The predicted octanol–water partition coefficient (Wildman–Crippen LogP) is 1.82. The van der Waals surface area contributed by atoms with E-state index < -0.39 is 34.6 Å². The fourth-order valence-corrected chi connectivity index (χ4v) is 9.37. The van der Waals surface area contributed by atoms with Crippen LogP contribution in [0.3, 0.4) is 0 Å². The van der Waals surface area contributed by atoms with Crippen molar-refractivity contribution in [1.29, 1.82) is 0 Å². The molecule has 1 spiro atoms. The van der Waals surface area contributed by atoms with Gasteiger partial charge in [0.15, 0.2) is 5.79 Å². The minimum Gasteiger partial charge on any atom is -0.390 e. The van der Waals surface area contributed by atoms with Crippen LogP contribution in [-0.2, 0) is 9.47 Å². The van der Waals surface area contributed by atoms with Gasteiger partial charge in [0.25, 0.3) is 0 Å². The van der Waals surface area contributed by atoms with Gasteiger partial charge in [-0.05, 0) is 57.6 Å². The van der Waals surface area contributed by atoms with Gasteiger partial charge < -0.3 is 29.7 Å². The molecule has 4 aliphatic carbocycles. The van der Waals surface area contributed by atoms with Gasteiger partial charge in [-0.15, -0.1) is 0 Å². The van der Waals surface area contributed by atoms with Crippen molar-refractivity contribution in [3.63, 3.8) is 0 Å². The number of nitrogens with zero attached hydrogens (tertiary/aromatic N) is 1. The molecule has 7 rings (SSSR count). The standard InChI is InChI=1S/C24H37NO5/c1-15(26)17-6-7-23-18-5-4-16-12-22(28)9-8-20(16,2)24(18,30-22)19(27)13-21(17,23)14-25(3)10-11-29-23/h6,15-16,18-19,26-28H,4-5,7-14H2,1-3H3/t15-,16+,18-,19+,20-,21-,22+,23-,24-/m0/s1. The summed E-state index contributed by atoms with van der Waals surface area (Å²) in [6, 6.07) is 0. The lowest BCUT2D eigenvalue weighted by Crippen LogP contribution is -2.83. The van der Waals surface area contributed by atoms with E-state index in [1.807, 2.05) is 6.92 Å². The van der Waals surface area contributed by atoms with Crippen LogP contribution in [0.4, 0.5) is 0 Å². The SMILES string of the molecule is C[C@H](O)C1=CC[C@@]23OCCN(C)C[C@@]12C[C@@H](O)[C@]12O[C@]4(O)CC[C@@]1(C)[C@H](CC[C@H]23)C4. The second-order valence-corrected chi connectivity index (χ2v) is 11.6. The molecule has 0 aromatic heterocycles. The summed E-state index contributed by atoms with van der Waals surface area (Å²) in [6.45, 7) is 6.41. The van der Waals surface area contributed by atoms with Gasteiger partial charge in [0.2, 0.25) is 0 Å². The van der Waals surface area contributed by atoms with Gasteiger partial charge in [0.05, 0.1) is 24.4 Å². The first-order valence-corrected chi connectivity index (χ1v) is 11.9. The first-order valence-electron chi connectivity index (χ1n) is 11.9. The van der Waals surface area contributed by atoms with E-state index in [2.05, 4.69) is 24.9 Å². The van der Waals surface area contributed by atoms with Gasteiger partial charge in [-0.2, -0.15) is 0 Å². The zero-order valence-electron chi connectivity index (χ0n) is 18.6. The summed E-state index contributed by atoms with van der Waals surface area (Å²) < 4.78 is 13.6. The fraction of sp³-hybridized carbons (Fsp3) is 0.917. The highest BCUT2D eigenvalue weighted by molar-refractivity contribution is 5.40. The van der Waals surface area contributed by atoms with E-state index >= 15 is 0 Å². The Morgan fingerprint density at radius 3 is 2.80 bits per heavy atom. The molecule has 3 N–H and O–H groups in total. The summed E-state index contributed by atoms with van der Waals surface area (Å²) in [5, 5.41) is 34.0. The van der Waals surface area contributed by atoms with Gasteiger partial charge in [0, 0.05) is 42.7 Å². The van der Waals surface area contributed by atoms with Crippen LogP contribution < -0.4 is 0 Å². The van der Waals surface area contributed by atoms with Gasteiger partial charge in [0.1, 0.15) is 5.60 Å². The zero-order valence-corrected chi connectivity index (χ0v) is 18.6. The van der Waals surface area contributed by atoms with E-state index in [1.54, 1.807) is 0 Å². The van der Waals surface area contributed by atoms with Crippen LogP contribution in [0, 0.1) is 22.7 Å². The van der Waals surface area contributed by atoms with Crippen molar-refractivity contribution in [3.05, 3.63) is 11.6 Å². The Bertz CT molecular complexity index is 800. The van der Waals surface area contributed by atoms with Crippen LogP contribution in [0.1, 0.15) is 58.8 Å². The van der Waals surface area contributed by atoms with Crippen LogP contribution >= 0.6 is 0 Å². The third kappa shape index (κ3) is 2.03. The third-order valence-corrected chi connectivity index (χ3v) is 10.5. The first-order chi connectivity index (χ1) is 14.1. The molecule has 9 atom stereocenters.